The highest BCUT2D eigenvalue weighted by Crippen LogP contribution is 2.26. The molecule has 4 N–H and O–H groups in total. The maximum atomic E-state index is 11.5. The van der Waals surface area contributed by atoms with E-state index in [0.717, 1.165) is 0 Å². The normalized spacial score (nSPS) is 10.9. The molecule has 10 heteroatoms. The van der Waals surface area contributed by atoms with Crippen molar-refractivity contribution < 1.29 is 17.9 Å². The quantitative estimate of drug-likeness (QED) is 0.495. The number of sulfonamides is 1. The molecule has 3 rings (SSSR count). The van der Waals surface area contributed by atoms with Crippen molar-refractivity contribution in [3.63, 3.8) is 0 Å². The molecular weight excluding hydrogens is 406 g/mol. The molecule has 0 spiro atoms. The van der Waals surface area contributed by atoms with Crippen LogP contribution in [0.15, 0.2) is 72.3 Å². The first-order chi connectivity index (χ1) is 14.2. The number of aryl methyl sites for hydroxylation is 1. The fourth-order valence-electron chi connectivity index (χ4n) is 2.41. The van der Waals surface area contributed by atoms with Gasteiger partial charge in [0.2, 0.25) is 27.8 Å². The molecule has 0 aliphatic rings. The van der Waals surface area contributed by atoms with E-state index < -0.39 is 10.0 Å². The minimum Gasteiger partial charge on any atom is -0.438 e. The number of rotatable bonds is 7. The molecule has 1 heterocycles. The Morgan fingerprint density at radius 3 is 2.63 bits per heavy atom. The Balaban J connectivity index is 1.82. The number of aromatic nitrogens is 2. The molecule has 0 aliphatic carbocycles. The first kappa shape index (κ1) is 21.0. The summed E-state index contributed by atoms with van der Waals surface area (Å²) >= 11 is 0. The number of carbonyl (C=O) groups is 1. The minimum absolute atomic E-state index is 0.0329. The highest BCUT2D eigenvalue weighted by Gasteiger charge is 2.11. The lowest BCUT2D eigenvalue weighted by atomic mass is 10.3. The summed E-state index contributed by atoms with van der Waals surface area (Å²) in [5.74, 6) is 0.625. The van der Waals surface area contributed by atoms with Crippen LogP contribution in [0.4, 0.5) is 17.3 Å². The standard InChI is InChI=1S/C20H19N5O4S/c1-3-18(26)23-14-6-4-8-16(10-14)29-19-13(2)12-22-20(25-19)24-15-7-5-9-17(11-15)30(21,27)28/h3-12H,1H2,2H3,(H,23,26)(H2,21,27,28)(H,22,24,25). The van der Waals surface area contributed by atoms with Gasteiger partial charge in [-0.2, -0.15) is 4.98 Å². The molecule has 1 amide bonds. The zero-order chi connectivity index (χ0) is 21.7. The number of anilines is 3. The average molecular weight is 425 g/mol. The minimum atomic E-state index is -3.83. The van der Waals surface area contributed by atoms with Gasteiger partial charge < -0.3 is 15.4 Å². The Hall–Kier alpha value is -3.76. The van der Waals surface area contributed by atoms with Crippen LogP contribution in [0.3, 0.4) is 0 Å². The lowest BCUT2D eigenvalue weighted by Gasteiger charge is -2.11. The van der Waals surface area contributed by atoms with Crippen molar-refractivity contribution in [2.75, 3.05) is 10.6 Å². The van der Waals surface area contributed by atoms with Crippen molar-refractivity contribution >= 4 is 33.3 Å². The maximum Gasteiger partial charge on any atom is 0.247 e. The number of nitrogens with one attached hydrogen (secondary N) is 2. The van der Waals surface area contributed by atoms with Gasteiger partial charge in [0.25, 0.3) is 0 Å². The van der Waals surface area contributed by atoms with E-state index in [0.29, 0.717) is 28.6 Å². The van der Waals surface area contributed by atoms with E-state index in [9.17, 15) is 13.2 Å². The Bertz CT molecular complexity index is 1210. The first-order valence-corrected chi connectivity index (χ1v) is 10.2. The number of ether oxygens (including phenoxy) is 1. The molecule has 0 saturated heterocycles. The first-order valence-electron chi connectivity index (χ1n) is 8.69. The zero-order valence-corrected chi connectivity index (χ0v) is 16.8. The molecule has 3 aromatic rings. The second kappa shape index (κ2) is 8.72. The van der Waals surface area contributed by atoms with E-state index in [1.807, 2.05) is 0 Å². The largest absolute Gasteiger partial charge is 0.438 e. The molecule has 0 aliphatic heterocycles. The summed E-state index contributed by atoms with van der Waals surface area (Å²) in [6.07, 6.45) is 2.74. The smallest absolute Gasteiger partial charge is 0.247 e. The molecule has 1 aromatic heterocycles. The van der Waals surface area contributed by atoms with E-state index in [2.05, 4.69) is 27.2 Å². The van der Waals surface area contributed by atoms with Gasteiger partial charge >= 0.3 is 0 Å². The second-order valence-electron chi connectivity index (χ2n) is 6.20. The number of benzene rings is 2. The van der Waals surface area contributed by atoms with Crippen LogP contribution < -0.4 is 20.5 Å². The van der Waals surface area contributed by atoms with Gasteiger partial charge in [0, 0.05) is 29.2 Å². The second-order valence-corrected chi connectivity index (χ2v) is 7.76. The number of amides is 1. The van der Waals surface area contributed by atoms with Crippen LogP contribution in [0.5, 0.6) is 11.6 Å². The van der Waals surface area contributed by atoms with Crippen LogP contribution in [0.25, 0.3) is 0 Å². The molecule has 0 atom stereocenters. The van der Waals surface area contributed by atoms with Crippen molar-refractivity contribution in [2.45, 2.75) is 11.8 Å². The summed E-state index contributed by atoms with van der Waals surface area (Å²) in [4.78, 5) is 19.9. The molecule has 0 unspecified atom stereocenters. The predicted molar refractivity (Wildman–Crippen MR) is 113 cm³/mol. The highest BCUT2D eigenvalue weighted by atomic mass is 32.2. The number of carbonyl (C=O) groups excluding carboxylic acids is 1. The topological polar surface area (TPSA) is 136 Å². The van der Waals surface area contributed by atoms with Crippen molar-refractivity contribution in [3.8, 4) is 11.6 Å². The van der Waals surface area contributed by atoms with Gasteiger partial charge in [0.1, 0.15) is 5.75 Å². The van der Waals surface area contributed by atoms with Crippen LogP contribution in [-0.4, -0.2) is 24.3 Å². The van der Waals surface area contributed by atoms with Crippen LogP contribution in [0.2, 0.25) is 0 Å². The van der Waals surface area contributed by atoms with Crippen molar-refractivity contribution in [1.29, 1.82) is 0 Å². The van der Waals surface area contributed by atoms with E-state index in [-0.39, 0.29) is 16.8 Å². The summed E-state index contributed by atoms with van der Waals surface area (Å²) in [5, 5.41) is 10.7. The van der Waals surface area contributed by atoms with Crippen LogP contribution in [0.1, 0.15) is 5.56 Å². The summed E-state index contributed by atoms with van der Waals surface area (Å²) in [5.41, 5.74) is 1.67. The monoisotopic (exact) mass is 425 g/mol. The Kier molecular flexibility index (Phi) is 6.09. The summed E-state index contributed by atoms with van der Waals surface area (Å²) in [6, 6.07) is 12.8. The van der Waals surface area contributed by atoms with E-state index in [1.165, 1.54) is 18.2 Å². The average Bonchev–Trinajstić information content (AvgIpc) is 2.70. The van der Waals surface area contributed by atoms with Gasteiger partial charge in [-0.1, -0.05) is 18.7 Å². The SMILES string of the molecule is C=CC(=O)Nc1cccc(Oc2nc(Nc3cccc(S(N)(=O)=O)c3)ncc2C)c1. The number of primary sulfonamides is 1. The molecule has 30 heavy (non-hydrogen) atoms. The highest BCUT2D eigenvalue weighted by molar-refractivity contribution is 7.89. The van der Waals surface area contributed by atoms with Gasteiger partial charge in [-0.05, 0) is 43.3 Å². The van der Waals surface area contributed by atoms with Crippen LogP contribution in [-0.2, 0) is 14.8 Å². The Morgan fingerprint density at radius 1 is 1.17 bits per heavy atom. The number of hydrogen-bond acceptors (Lipinski definition) is 7. The van der Waals surface area contributed by atoms with Crippen LogP contribution >= 0.6 is 0 Å². The number of nitrogens with zero attached hydrogens (tertiary/aromatic N) is 2. The van der Waals surface area contributed by atoms with Crippen molar-refractivity contribution in [3.05, 3.63) is 72.9 Å². The maximum absolute atomic E-state index is 11.5. The third-order valence-corrected chi connectivity index (χ3v) is 4.76. The molecule has 0 bridgehead atoms. The number of nitrogens with two attached hydrogens (primary N) is 1. The molecule has 0 radical (unpaired) electrons. The van der Waals surface area contributed by atoms with Gasteiger partial charge in [-0.3, -0.25) is 4.79 Å². The Morgan fingerprint density at radius 2 is 1.90 bits per heavy atom. The summed E-state index contributed by atoms with van der Waals surface area (Å²) in [6.45, 7) is 5.20. The lowest BCUT2D eigenvalue weighted by molar-refractivity contribution is -0.111. The van der Waals surface area contributed by atoms with Gasteiger partial charge in [0.05, 0.1) is 4.90 Å². The third kappa shape index (κ3) is 5.40. The van der Waals surface area contributed by atoms with Crippen LogP contribution in [0, 0.1) is 6.92 Å². The van der Waals surface area contributed by atoms with Gasteiger partial charge in [-0.15, -0.1) is 0 Å². The van der Waals surface area contributed by atoms with E-state index in [1.54, 1.807) is 49.5 Å². The van der Waals surface area contributed by atoms with Crippen molar-refractivity contribution in [1.82, 2.24) is 9.97 Å². The zero-order valence-electron chi connectivity index (χ0n) is 16.0. The summed E-state index contributed by atoms with van der Waals surface area (Å²) < 4.78 is 28.9. The fraction of sp³-hybridized carbons (Fsp3) is 0.0500. The number of hydrogen-bond donors (Lipinski definition) is 3. The van der Waals surface area contributed by atoms with E-state index >= 15 is 0 Å². The predicted octanol–water partition coefficient (Wildman–Crippen LogP) is 3.09. The molecule has 2 aromatic carbocycles. The molecule has 0 saturated carbocycles. The van der Waals surface area contributed by atoms with E-state index in [4.69, 9.17) is 9.88 Å². The fourth-order valence-corrected chi connectivity index (χ4v) is 2.97. The molecule has 154 valence electrons. The Labute approximate surface area is 173 Å². The van der Waals surface area contributed by atoms with Gasteiger partial charge in [-0.25, -0.2) is 18.5 Å². The lowest BCUT2D eigenvalue weighted by Crippen LogP contribution is -2.12. The molecule has 9 nitrogen and oxygen atoms in total. The molecular formula is C20H19N5O4S. The third-order valence-electron chi connectivity index (χ3n) is 3.85. The van der Waals surface area contributed by atoms with Gasteiger partial charge in [0.15, 0.2) is 0 Å². The van der Waals surface area contributed by atoms with Crippen molar-refractivity contribution in [2.24, 2.45) is 5.14 Å². The summed E-state index contributed by atoms with van der Waals surface area (Å²) in [7, 11) is -3.83. The molecule has 0 fully saturated rings.